The van der Waals surface area contributed by atoms with Crippen LogP contribution in [0.3, 0.4) is 0 Å². The fourth-order valence-corrected chi connectivity index (χ4v) is 2.97. The monoisotopic (exact) mass is 290 g/mol. The van der Waals surface area contributed by atoms with E-state index in [1.807, 2.05) is 12.1 Å². The number of hydrogen-bond donors (Lipinski definition) is 2. The summed E-state index contributed by atoms with van der Waals surface area (Å²) in [5.74, 6) is 2.50. The highest BCUT2D eigenvalue weighted by Crippen LogP contribution is 2.36. The molecule has 2 fully saturated rings. The van der Waals surface area contributed by atoms with Crippen molar-refractivity contribution < 1.29 is 4.74 Å². The van der Waals surface area contributed by atoms with Crippen molar-refractivity contribution in [1.29, 1.82) is 0 Å². The highest BCUT2D eigenvalue weighted by molar-refractivity contribution is 5.85. The minimum Gasteiger partial charge on any atom is -0.497 e. The van der Waals surface area contributed by atoms with Crippen LogP contribution in [0.5, 0.6) is 5.75 Å². The fourth-order valence-electron chi connectivity index (χ4n) is 2.97. The molecule has 3 nitrogen and oxygen atoms in total. The molecule has 2 saturated heterocycles. The van der Waals surface area contributed by atoms with Gasteiger partial charge in [0.25, 0.3) is 0 Å². The highest BCUT2D eigenvalue weighted by Gasteiger charge is 2.39. The zero-order valence-electron chi connectivity index (χ0n) is 10.4. The normalized spacial score (nSPS) is 29.1. The number of nitrogens with one attached hydrogen (secondary N) is 2. The number of benzene rings is 1. The van der Waals surface area contributed by atoms with Gasteiger partial charge in [-0.05, 0) is 36.1 Å². The number of methoxy groups -OCH3 is 1. The van der Waals surface area contributed by atoms with E-state index in [0.717, 1.165) is 30.7 Å². The van der Waals surface area contributed by atoms with Gasteiger partial charge >= 0.3 is 0 Å². The van der Waals surface area contributed by atoms with Gasteiger partial charge in [0.15, 0.2) is 0 Å². The van der Waals surface area contributed by atoms with Crippen LogP contribution in [-0.2, 0) is 0 Å². The third kappa shape index (κ3) is 2.75. The first-order valence-corrected chi connectivity index (χ1v) is 5.96. The molecular weight excluding hydrogens is 271 g/mol. The second-order valence-electron chi connectivity index (χ2n) is 4.74. The summed E-state index contributed by atoms with van der Waals surface area (Å²) in [6, 6.07) is 8.97. The molecule has 5 heteroatoms. The van der Waals surface area contributed by atoms with E-state index in [9.17, 15) is 0 Å². The van der Waals surface area contributed by atoms with E-state index in [-0.39, 0.29) is 24.8 Å². The lowest BCUT2D eigenvalue weighted by molar-refractivity contribution is 0.413. The summed E-state index contributed by atoms with van der Waals surface area (Å²) in [6.45, 7) is 3.47. The zero-order valence-corrected chi connectivity index (χ0v) is 12.0. The van der Waals surface area contributed by atoms with Crippen LogP contribution >= 0.6 is 24.8 Å². The van der Waals surface area contributed by atoms with E-state index in [4.69, 9.17) is 4.74 Å². The molecular formula is C13H20Cl2N2O. The molecule has 18 heavy (non-hydrogen) atoms. The first kappa shape index (κ1) is 15.6. The predicted octanol–water partition coefficient (Wildman–Crippen LogP) is 2.02. The SMILES string of the molecule is COc1ccc([C@H]2NC[C@@H]3CNC[C@@H]32)cc1.Cl.Cl. The van der Waals surface area contributed by atoms with Gasteiger partial charge < -0.3 is 15.4 Å². The molecule has 2 N–H and O–H groups in total. The van der Waals surface area contributed by atoms with Crippen molar-refractivity contribution in [2.24, 2.45) is 11.8 Å². The first-order valence-electron chi connectivity index (χ1n) is 5.96. The molecule has 0 unspecified atom stereocenters. The third-order valence-corrected chi connectivity index (χ3v) is 3.90. The summed E-state index contributed by atoms with van der Waals surface area (Å²) in [6.07, 6.45) is 0. The molecule has 102 valence electrons. The van der Waals surface area contributed by atoms with Crippen LogP contribution in [0.25, 0.3) is 0 Å². The van der Waals surface area contributed by atoms with Crippen LogP contribution in [0.15, 0.2) is 24.3 Å². The lowest BCUT2D eigenvalue weighted by atomic mass is 9.90. The summed E-state index contributed by atoms with van der Waals surface area (Å²) in [5.41, 5.74) is 1.39. The lowest BCUT2D eigenvalue weighted by Crippen LogP contribution is -2.23. The van der Waals surface area contributed by atoms with Crippen molar-refractivity contribution in [3.63, 3.8) is 0 Å². The molecule has 2 aliphatic rings. The number of hydrogen-bond acceptors (Lipinski definition) is 3. The van der Waals surface area contributed by atoms with Crippen LogP contribution in [0.4, 0.5) is 0 Å². The summed E-state index contributed by atoms with van der Waals surface area (Å²) < 4.78 is 5.19. The Morgan fingerprint density at radius 3 is 2.44 bits per heavy atom. The smallest absolute Gasteiger partial charge is 0.118 e. The number of rotatable bonds is 2. The molecule has 1 aromatic rings. The summed E-state index contributed by atoms with van der Waals surface area (Å²) >= 11 is 0. The largest absolute Gasteiger partial charge is 0.497 e. The Hall–Kier alpha value is -0.480. The standard InChI is InChI=1S/C13H18N2O.2ClH/c1-16-11-4-2-9(3-5-11)13-12-8-14-6-10(12)7-15-13;;/h2-5,10,12-15H,6-8H2,1H3;2*1H/t10-,12-,13+;;/m0../s1. The Kier molecular flexibility index (Phi) is 5.73. The molecule has 0 amide bonds. The van der Waals surface area contributed by atoms with E-state index in [1.165, 1.54) is 12.1 Å². The third-order valence-electron chi connectivity index (χ3n) is 3.90. The Morgan fingerprint density at radius 2 is 1.78 bits per heavy atom. The van der Waals surface area contributed by atoms with E-state index in [2.05, 4.69) is 22.8 Å². The molecule has 3 atom stereocenters. The molecule has 0 radical (unpaired) electrons. The van der Waals surface area contributed by atoms with Crippen molar-refractivity contribution in [3.05, 3.63) is 29.8 Å². The Balaban J connectivity index is 0.000000810. The molecule has 0 saturated carbocycles. The molecule has 0 bridgehead atoms. The average Bonchev–Trinajstić information content (AvgIpc) is 2.91. The summed E-state index contributed by atoms with van der Waals surface area (Å²) in [5, 5.41) is 7.11. The van der Waals surface area contributed by atoms with E-state index >= 15 is 0 Å². The van der Waals surface area contributed by atoms with Crippen molar-refractivity contribution in [2.75, 3.05) is 26.7 Å². The number of halogens is 2. The van der Waals surface area contributed by atoms with Gasteiger partial charge in [-0.1, -0.05) is 12.1 Å². The number of fused-ring (bicyclic) bond motifs is 1. The molecule has 0 aromatic heterocycles. The summed E-state index contributed by atoms with van der Waals surface area (Å²) in [4.78, 5) is 0. The van der Waals surface area contributed by atoms with Crippen molar-refractivity contribution in [3.8, 4) is 5.75 Å². The average molecular weight is 291 g/mol. The molecule has 3 rings (SSSR count). The van der Waals surface area contributed by atoms with Gasteiger partial charge in [-0.2, -0.15) is 0 Å². The van der Waals surface area contributed by atoms with Crippen molar-refractivity contribution in [1.82, 2.24) is 10.6 Å². The molecule has 1 aromatic carbocycles. The minimum atomic E-state index is 0. The topological polar surface area (TPSA) is 33.3 Å². The first-order chi connectivity index (χ1) is 7.88. The Bertz CT molecular complexity index is 372. The second-order valence-corrected chi connectivity index (χ2v) is 4.74. The van der Waals surface area contributed by atoms with Gasteiger partial charge in [-0.15, -0.1) is 24.8 Å². The molecule has 0 spiro atoms. The van der Waals surface area contributed by atoms with Gasteiger partial charge in [-0.3, -0.25) is 0 Å². The van der Waals surface area contributed by atoms with E-state index < -0.39 is 0 Å². The summed E-state index contributed by atoms with van der Waals surface area (Å²) in [7, 11) is 1.71. The van der Waals surface area contributed by atoms with E-state index in [1.54, 1.807) is 7.11 Å². The Morgan fingerprint density at radius 1 is 1.06 bits per heavy atom. The van der Waals surface area contributed by atoms with Crippen molar-refractivity contribution in [2.45, 2.75) is 6.04 Å². The van der Waals surface area contributed by atoms with Gasteiger partial charge in [0.1, 0.15) is 5.75 Å². The maximum absolute atomic E-state index is 5.19. The van der Waals surface area contributed by atoms with Crippen LogP contribution in [-0.4, -0.2) is 26.7 Å². The van der Waals surface area contributed by atoms with Crippen LogP contribution < -0.4 is 15.4 Å². The second kappa shape index (κ2) is 6.62. The molecule has 2 heterocycles. The maximum atomic E-state index is 5.19. The van der Waals surface area contributed by atoms with Crippen LogP contribution in [0.1, 0.15) is 11.6 Å². The fraction of sp³-hybridized carbons (Fsp3) is 0.538. The molecule has 0 aliphatic carbocycles. The molecule has 2 aliphatic heterocycles. The van der Waals surface area contributed by atoms with Crippen LogP contribution in [0.2, 0.25) is 0 Å². The Labute approximate surface area is 120 Å². The highest BCUT2D eigenvalue weighted by atomic mass is 35.5. The van der Waals surface area contributed by atoms with Gasteiger partial charge in [0.05, 0.1) is 7.11 Å². The maximum Gasteiger partial charge on any atom is 0.118 e. The van der Waals surface area contributed by atoms with Crippen molar-refractivity contribution >= 4 is 24.8 Å². The number of ether oxygens (including phenoxy) is 1. The van der Waals surface area contributed by atoms with E-state index in [0.29, 0.717) is 6.04 Å². The van der Waals surface area contributed by atoms with Gasteiger partial charge in [0, 0.05) is 19.1 Å². The van der Waals surface area contributed by atoms with Gasteiger partial charge in [0.2, 0.25) is 0 Å². The zero-order chi connectivity index (χ0) is 11.0. The predicted molar refractivity (Wildman–Crippen MR) is 78.1 cm³/mol. The lowest BCUT2D eigenvalue weighted by Gasteiger charge is -2.18. The van der Waals surface area contributed by atoms with Crippen LogP contribution in [0, 0.1) is 11.8 Å². The van der Waals surface area contributed by atoms with Gasteiger partial charge in [-0.25, -0.2) is 0 Å². The minimum absolute atomic E-state index is 0. The quantitative estimate of drug-likeness (QED) is 0.874.